The molecule has 0 saturated carbocycles. The molecular weight excluding hydrogens is 342 g/mol. The Morgan fingerprint density at radius 3 is 2.70 bits per heavy atom. The van der Waals surface area contributed by atoms with Gasteiger partial charge in [0.2, 0.25) is 0 Å². The summed E-state index contributed by atoms with van der Waals surface area (Å²) in [5, 5.41) is 14.6. The lowest BCUT2D eigenvalue weighted by Crippen LogP contribution is -1.91. The maximum atomic E-state index is 10.5. The van der Waals surface area contributed by atoms with Gasteiger partial charge < -0.3 is 0 Å². The Kier molecular flexibility index (Phi) is 4.86. The fourth-order valence-corrected chi connectivity index (χ4v) is 3.35. The summed E-state index contributed by atoms with van der Waals surface area (Å²) in [5.41, 5.74) is 3.62. The molecule has 1 heterocycles. The lowest BCUT2D eigenvalue weighted by Gasteiger charge is -1.98. The van der Waals surface area contributed by atoms with Crippen LogP contribution in [0.25, 0.3) is 0 Å². The minimum atomic E-state index is -0.428. The Labute approximate surface area is 128 Å². The van der Waals surface area contributed by atoms with Crippen molar-refractivity contribution in [3.05, 3.63) is 54.7 Å². The fourth-order valence-electron chi connectivity index (χ4n) is 1.56. The average molecular weight is 354 g/mol. The molecule has 0 bridgehead atoms. The Morgan fingerprint density at radius 1 is 1.45 bits per heavy atom. The van der Waals surface area contributed by atoms with Crippen molar-refractivity contribution in [1.29, 1.82) is 0 Å². The monoisotopic (exact) mass is 353 g/mol. The van der Waals surface area contributed by atoms with Crippen molar-refractivity contribution in [1.82, 2.24) is 0 Å². The first-order chi connectivity index (χ1) is 9.60. The zero-order valence-electron chi connectivity index (χ0n) is 10.7. The van der Waals surface area contributed by atoms with Gasteiger partial charge >= 0.3 is 0 Å². The van der Waals surface area contributed by atoms with Gasteiger partial charge in [-0.3, -0.25) is 15.5 Å². The van der Waals surface area contributed by atoms with E-state index >= 15 is 0 Å². The topological polar surface area (TPSA) is 67.5 Å². The number of nitro benzene ring substituents is 1. The molecule has 0 aliphatic rings. The number of nitrogens with one attached hydrogen (secondary N) is 1. The van der Waals surface area contributed by atoms with Gasteiger partial charge in [-0.05, 0) is 40.5 Å². The Balaban J connectivity index is 2.00. The summed E-state index contributed by atoms with van der Waals surface area (Å²) >= 11 is 5.18. The smallest absolute Gasteiger partial charge is 0.269 e. The van der Waals surface area contributed by atoms with Crippen LogP contribution in [0.4, 0.5) is 11.4 Å². The van der Waals surface area contributed by atoms with Crippen molar-refractivity contribution in [2.24, 2.45) is 5.10 Å². The van der Waals surface area contributed by atoms with Crippen LogP contribution in [-0.4, -0.2) is 11.1 Å². The summed E-state index contributed by atoms with van der Waals surface area (Å²) < 4.78 is 1.10. The van der Waals surface area contributed by atoms with Crippen molar-refractivity contribution < 1.29 is 4.92 Å². The van der Waals surface area contributed by atoms with Gasteiger partial charge in [-0.25, -0.2) is 0 Å². The average Bonchev–Trinajstić information content (AvgIpc) is 2.79. The van der Waals surface area contributed by atoms with Gasteiger partial charge in [0.15, 0.2) is 0 Å². The number of thiophene rings is 1. The molecule has 0 aliphatic heterocycles. The standard InChI is InChI=1S/C13H12BrN3O2S/c1-2-13-12(14)7-11(20-13)8-15-16-9-3-5-10(6-4-9)17(18)19/h3-8,16H,2H2,1H3/b15-8-. The number of non-ortho nitro benzene ring substituents is 1. The fraction of sp³-hybridized carbons (Fsp3) is 0.154. The van der Waals surface area contributed by atoms with E-state index in [1.54, 1.807) is 29.7 Å². The summed E-state index contributed by atoms with van der Waals surface area (Å²) in [6.45, 7) is 2.10. The minimum absolute atomic E-state index is 0.0642. The molecule has 20 heavy (non-hydrogen) atoms. The number of nitrogens with zero attached hydrogens (tertiary/aromatic N) is 2. The van der Waals surface area contributed by atoms with Gasteiger partial charge in [0, 0.05) is 26.4 Å². The molecule has 0 amide bonds. The molecule has 0 aliphatic carbocycles. The number of hydrogen-bond acceptors (Lipinski definition) is 5. The van der Waals surface area contributed by atoms with Gasteiger partial charge in [-0.15, -0.1) is 11.3 Å². The second kappa shape index (κ2) is 6.62. The number of hydrazone groups is 1. The molecule has 0 fully saturated rings. The molecular formula is C13H12BrN3O2S. The molecule has 0 unspecified atom stereocenters. The molecule has 2 rings (SSSR count). The highest BCUT2D eigenvalue weighted by atomic mass is 79.9. The van der Waals surface area contributed by atoms with E-state index in [1.165, 1.54) is 17.0 Å². The minimum Gasteiger partial charge on any atom is -0.278 e. The number of hydrogen-bond donors (Lipinski definition) is 1. The SMILES string of the molecule is CCc1sc(/C=N\Nc2ccc([N+](=O)[O-])cc2)cc1Br. The van der Waals surface area contributed by atoms with E-state index in [0.29, 0.717) is 5.69 Å². The van der Waals surface area contributed by atoms with E-state index in [2.05, 4.69) is 33.4 Å². The van der Waals surface area contributed by atoms with Crippen LogP contribution in [0.15, 0.2) is 39.9 Å². The van der Waals surface area contributed by atoms with E-state index < -0.39 is 4.92 Å². The van der Waals surface area contributed by atoms with Crippen LogP contribution >= 0.6 is 27.3 Å². The van der Waals surface area contributed by atoms with E-state index in [1.807, 2.05) is 6.07 Å². The van der Waals surface area contributed by atoms with Crippen molar-refractivity contribution >= 4 is 44.9 Å². The number of rotatable bonds is 5. The first-order valence-electron chi connectivity index (χ1n) is 5.92. The molecule has 1 aromatic carbocycles. The predicted molar refractivity (Wildman–Crippen MR) is 85.7 cm³/mol. The lowest BCUT2D eigenvalue weighted by molar-refractivity contribution is -0.384. The Bertz CT molecular complexity index is 638. The maximum Gasteiger partial charge on any atom is 0.269 e. The highest BCUT2D eigenvalue weighted by molar-refractivity contribution is 9.10. The number of halogens is 1. The normalized spacial score (nSPS) is 10.9. The quantitative estimate of drug-likeness (QED) is 0.491. The third-order valence-corrected chi connectivity index (χ3v) is 4.75. The highest BCUT2D eigenvalue weighted by Crippen LogP contribution is 2.26. The zero-order valence-corrected chi connectivity index (χ0v) is 13.1. The number of benzene rings is 1. The van der Waals surface area contributed by atoms with Crippen LogP contribution in [-0.2, 0) is 6.42 Å². The number of aryl methyl sites for hydroxylation is 1. The Morgan fingerprint density at radius 2 is 2.15 bits per heavy atom. The molecule has 1 N–H and O–H groups in total. The van der Waals surface area contributed by atoms with Crippen LogP contribution in [0.2, 0.25) is 0 Å². The van der Waals surface area contributed by atoms with Gasteiger partial charge in [-0.1, -0.05) is 6.92 Å². The van der Waals surface area contributed by atoms with Crippen LogP contribution in [0, 0.1) is 10.1 Å². The first-order valence-corrected chi connectivity index (χ1v) is 7.53. The van der Waals surface area contributed by atoms with Gasteiger partial charge in [0.1, 0.15) is 0 Å². The molecule has 5 nitrogen and oxygen atoms in total. The maximum absolute atomic E-state index is 10.5. The summed E-state index contributed by atoms with van der Waals surface area (Å²) in [6, 6.07) is 8.14. The molecule has 2 aromatic rings. The van der Waals surface area contributed by atoms with Crippen molar-refractivity contribution in [3.8, 4) is 0 Å². The highest BCUT2D eigenvalue weighted by Gasteiger charge is 2.04. The van der Waals surface area contributed by atoms with Gasteiger partial charge in [0.05, 0.1) is 16.8 Å². The van der Waals surface area contributed by atoms with Crippen LogP contribution in [0.3, 0.4) is 0 Å². The zero-order chi connectivity index (χ0) is 14.5. The molecule has 1 aromatic heterocycles. The van der Waals surface area contributed by atoms with Crippen LogP contribution in [0.5, 0.6) is 0 Å². The van der Waals surface area contributed by atoms with E-state index in [9.17, 15) is 10.1 Å². The summed E-state index contributed by atoms with van der Waals surface area (Å²) in [5.74, 6) is 0. The number of anilines is 1. The summed E-state index contributed by atoms with van der Waals surface area (Å²) in [6.07, 6.45) is 2.71. The molecule has 0 spiro atoms. The third kappa shape index (κ3) is 3.64. The van der Waals surface area contributed by atoms with Gasteiger partial charge in [-0.2, -0.15) is 5.10 Å². The lowest BCUT2D eigenvalue weighted by atomic mass is 10.3. The third-order valence-electron chi connectivity index (χ3n) is 2.56. The van der Waals surface area contributed by atoms with Gasteiger partial charge in [0.25, 0.3) is 5.69 Å². The van der Waals surface area contributed by atoms with Crippen molar-refractivity contribution in [2.45, 2.75) is 13.3 Å². The van der Waals surface area contributed by atoms with Crippen LogP contribution in [0.1, 0.15) is 16.7 Å². The predicted octanol–water partition coefficient (Wildman–Crippen LogP) is 4.43. The van der Waals surface area contributed by atoms with Crippen LogP contribution < -0.4 is 5.43 Å². The largest absolute Gasteiger partial charge is 0.278 e. The Hall–Kier alpha value is -1.73. The van der Waals surface area contributed by atoms with E-state index in [0.717, 1.165) is 15.8 Å². The second-order valence-corrected chi connectivity index (χ2v) is 5.97. The molecule has 7 heteroatoms. The van der Waals surface area contributed by atoms with E-state index in [4.69, 9.17) is 0 Å². The van der Waals surface area contributed by atoms with Crippen molar-refractivity contribution in [2.75, 3.05) is 5.43 Å². The second-order valence-electron chi connectivity index (χ2n) is 3.95. The molecule has 0 radical (unpaired) electrons. The molecule has 0 saturated heterocycles. The van der Waals surface area contributed by atoms with E-state index in [-0.39, 0.29) is 5.69 Å². The molecule has 104 valence electrons. The van der Waals surface area contributed by atoms with Crippen molar-refractivity contribution in [3.63, 3.8) is 0 Å². The summed E-state index contributed by atoms with van der Waals surface area (Å²) in [7, 11) is 0. The summed E-state index contributed by atoms with van der Waals surface area (Å²) in [4.78, 5) is 12.4. The first kappa shape index (κ1) is 14.7. The molecule has 0 atom stereocenters. The number of nitro groups is 1.